The van der Waals surface area contributed by atoms with Gasteiger partial charge in [-0.2, -0.15) is 0 Å². The van der Waals surface area contributed by atoms with E-state index in [1.165, 1.54) is 173 Å². The number of ether oxygens (including phenoxy) is 1. The molecule has 0 aromatic heterocycles. The van der Waals surface area contributed by atoms with Crippen molar-refractivity contribution in [3.8, 4) is 0 Å². The van der Waals surface area contributed by atoms with Crippen molar-refractivity contribution < 1.29 is 24.5 Å². The van der Waals surface area contributed by atoms with Crippen LogP contribution in [0.3, 0.4) is 0 Å². The number of carbonyl (C=O) groups excluding carboxylic acids is 2. The normalized spacial score (nSPS) is 12.9. The monoisotopic (exact) mass is 844 g/mol. The summed E-state index contributed by atoms with van der Waals surface area (Å²) in [7, 11) is 0. The molecule has 0 spiro atoms. The van der Waals surface area contributed by atoms with E-state index in [1.807, 2.05) is 6.08 Å². The second-order valence-electron chi connectivity index (χ2n) is 17.8. The lowest BCUT2D eigenvalue weighted by molar-refractivity contribution is -0.143. The van der Waals surface area contributed by atoms with Gasteiger partial charge in [0.25, 0.3) is 0 Å². The molecule has 0 fully saturated rings. The minimum Gasteiger partial charge on any atom is -0.466 e. The molecule has 0 aliphatic carbocycles. The van der Waals surface area contributed by atoms with Crippen LogP contribution >= 0.6 is 0 Å². The first-order valence-electron chi connectivity index (χ1n) is 26.3. The van der Waals surface area contributed by atoms with Gasteiger partial charge < -0.3 is 20.3 Å². The Balaban J connectivity index is 3.58. The highest BCUT2D eigenvalue weighted by molar-refractivity contribution is 5.76. The maximum Gasteiger partial charge on any atom is 0.305 e. The molecule has 6 nitrogen and oxygen atoms in total. The van der Waals surface area contributed by atoms with Crippen LogP contribution in [0.25, 0.3) is 0 Å². The van der Waals surface area contributed by atoms with Gasteiger partial charge in [0.05, 0.1) is 25.4 Å². The van der Waals surface area contributed by atoms with Gasteiger partial charge in [0.2, 0.25) is 5.91 Å². The number of rotatable bonds is 48. The number of aliphatic hydroxyl groups is 2. The minimum atomic E-state index is -0.876. The quantitative estimate of drug-likeness (QED) is 0.0322. The predicted molar refractivity (Wildman–Crippen MR) is 259 cm³/mol. The first kappa shape index (κ1) is 58.1. The van der Waals surface area contributed by atoms with Crippen LogP contribution in [0, 0.1) is 0 Å². The van der Waals surface area contributed by atoms with Crippen molar-refractivity contribution in [2.24, 2.45) is 0 Å². The molecule has 0 bridgehead atoms. The van der Waals surface area contributed by atoms with E-state index in [0.717, 1.165) is 70.6 Å². The predicted octanol–water partition coefficient (Wildman–Crippen LogP) is 15.7. The van der Waals surface area contributed by atoms with Gasteiger partial charge in [0.1, 0.15) is 0 Å². The third kappa shape index (κ3) is 45.6. The molecule has 60 heavy (non-hydrogen) atoms. The molecule has 0 saturated carbocycles. The van der Waals surface area contributed by atoms with Crippen molar-refractivity contribution in [1.29, 1.82) is 0 Å². The van der Waals surface area contributed by atoms with E-state index in [2.05, 4.69) is 43.5 Å². The molecule has 1 amide bonds. The molecular weight excluding hydrogens is 743 g/mol. The van der Waals surface area contributed by atoms with E-state index < -0.39 is 12.1 Å². The van der Waals surface area contributed by atoms with Crippen LogP contribution in [0.15, 0.2) is 36.5 Å². The van der Waals surface area contributed by atoms with E-state index >= 15 is 0 Å². The van der Waals surface area contributed by atoms with Gasteiger partial charge in [0, 0.05) is 12.8 Å². The fourth-order valence-corrected chi connectivity index (χ4v) is 7.81. The smallest absolute Gasteiger partial charge is 0.305 e. The second-order valence-corrected chi connectivity index (χ2v) is 17.8. The van der Waals surface area contributed by atoms with Crippen LogP contribution in [-0.2, 0) is 14.3 Å². The highest BCUT2D eigenvalue weighted by Crippen LogP contribution is 2.15. The van der Waals surface area contributed by atoms with Gasteiger partial charge in [-0.25, -0.2) is 0 Å². The molecule has 0 aromatic carbocycles. The number of esters is 1. The highest BCUT2D eigenvalue weighted by atomic mass is 16.5. The van der Waals surface area contributed by atoms with Crippen LogP contribution in [0.5, 0.6) is 0 Å². The SMILES string of the molecule is CCCCCCCCC/C=C\CCCCCCCC(=O)OCCCCCC/C=C\CCCC(=O)NC(CO)C(O)/C=C/CCCCCCCCCCCCCCCCCC. The molecule has 0 saturated heterocycles. The minimum absolute atomic E-state index is 0.0456. The third-order valence-corrected chi connectivity index (χ3v) is 11.9. The van der Waals surface area contributed by atoms with Crippen molar-refractivity contribution in [2.75, 3.05) is 13.2 Å². The summed E-state index contributed by atoms with van der Waals surface area (Å²) in [5.41, 5.74) is 0. The summed E-state index contributed by atoms with van der Waals surface area (Å²) in [5, 5.41) is 23.0. The summed E-state index contributed by atoms with van der Waals surface area (Å²) in [6, 6.07) is -0.666. The molecule has 2 atom stereocenters. The van der Waals surface area contributed by atoms with Gasteiger partial charge in [-0.05, 0) is 77.0 Å². The number of carbonyl (C=O) groups is 2. The first-order valence-corrected chi connectivity index (χ1v) is 26.3. The van der Waals surface area contributed by atoms with E-state index in [4.69, 9.17) is 4.74 Å². The Morgan fingerprint density at radius 2 is 0.800 bits per heavy atom. The summed E-state index contributed by atoms with van der Waals surface area (Å²) >= 11 is 0. The summed E-state index contributed by atoms with van der Waals surface area (Å²) in [5.74, 6) is -0.174. The summed E-state index contributed by atoms with van der Waals surface area (Å²) in [6.45, 7) is 4.81. The number of unbranched alkanes of at least 4 members (excludes halogenated alkanes) is 33. The average molecular weight is 844 g/mol. The lowest BCUT2D eigenvalue weighted by Gasteiger charge is -2.19. The Kier molecular flexibility index (Phi) is 48.1. The van der Waals surface area contributed by atoms with Crippen molar-refractivity contribution in [2.45, 2.75) is 283 Å². The molecule has 0 rings (SSSR count). The fourth-order valence-electron chi connectivity index (χ4n) is 7.81. The molecule has 6 heteroatoms. The summed E-state index contributed by atoms with van der Waals surface area (Å²) in [4.78, 5) is 24.5. The summed E-state index contributed by atoms with van der Waals surface area (Å²) in [6.07, 6.45) is 60.1. The Morgan fingerprint density at radius 1 is 0.450 bits per heavy atom. The molecular formula is C54H101NO5. The van der Waals surface area contributed by atoms with Crippen LogP contribution in [0.4, 0.5) is 0 Å². The zero-order chi connectivity index (χ0) is 43.7. The highest BCUT2D eigenvalue weighted by Gasteiger charge is 2.17. The number of hydrogen-bond acceptors (Lipinski definition) is 5. The van der Waals surface area contributed by atoms with Crippen molar-refractivity contribution in [1.82, 2.24) is 5.32 Å². The molecule has 0 radical (unpaired) electrons. The molecule has 352 valence electrons. The second kappa shape index (κ2) is 49.7. The summed E-state index contributed by atoms with van der Waals surface area (Å²) < 4.78 is 5.44. The lowest BCUT2D eigenvalue weighted by Crippen LogP contribution is -2.45. The van der Waals surface area contributed by atoms with Crippen LogP contribution < -0.4 is 5.32 Å². The maximum atomic E-state index is 12.4. The van der Waals surface area contributed by atoms with Crippen LogP contribution in [0.1, 0.15) is 271 Å². The number of aliphatic hydroxyl groups excluding tert-OH is 2. The number of hydrogen-bond donors (Lipinski definition) is 3. The first-order chi connectivity index (χ1) is 29.5. The van der Waals surface area contributed by atoms with Gasteiger partial charge in [0.15, 0.2) is 0 Å². The Hall–Kier alpha value is -1.92. The van der Waals surface area contributed by atoms with Crippen molar-refractivity contribution in [3.05, 3.63) is 36.5 Å². The molecule has 0 aromatic rings. The average Bonchev–Trinajstić information content (AvgIpc) is 3.25. The number of nitrogens with one attached hydrogen (secondary N) is 1. The van der Waals surface area contributed by atoms with Gasteiger partial charge in [-0.15, -0.1) is 0 Å². The van der Waals surface area contributed by atoms with E-state index in [-0.39, 0.29) is 18.5 Å². The maximum absolute atomic E-state index is 12.4. The topological polar surface area (TPSA) is 95.9 Å². The van der Waals surface area contributed by atoms with E-state index in [1.54, 1.807) is 6.08 Å². The number of allylic oxidation sites excluding steroid dienone is 5. The zero-order valence-corrected chi connectivity index (χ0v) is 39.9. The molecule has 0 aliphatic rings. The Bertz CT molecular complexity index is 977. The lowest BCUT2D eigenvalue weighted by atomic mass is 10.0. The fraction of sp³-hybridized carbons (Fsp3) is 0.852. The van der Waals surface area contributed by atoms with Crippen molar-refractivity contribution >= 4 is 11.9 Å². The largest absolute Gasteiger partial charge is 0.466 e. The van der Waals surface area contributed by atoms with Crippen LogP contribution in [0.2, 0.25) is 0 Å². The van der Waals surface area contributed by atoms with E-state index in [0.29, 0.717) is 19.4 Å². The van der Waals surface area contributed by atoms with Gasteiger partial charge >= 0.3 is 5.97 Å². The van der Waals surface area contributed by atoms with Crippen LogP contribution in [-0.4, -0.2) is 47.4 Å². The molecule has 0 heterocycles. The molecule has 2 unspecified atom stereocenters. The van der Waals surface area contributed by atoms with Crippen molar-refractivity contribution in [3.63, 3.8) is 0 Å². The third-order valence-electron chi connectivity index (χ3n) is 11.9. The van der Waals surface area contributed by atoms with Gasteiger partial charge in [-0.1, -0.05) is 217 Å². The zero-order valence-electron chi connectivity index (χ0n) is 39.9. The number of amides is 1. The molecule has 3 N–H and O–H groups in total. The Labute approximate surface area is 373 Å². The Morgan fingerprint density at radius 3 is 1.22 bits per heavy atom. The standard InChI is InChI=1S/C54H101NO5/c1-3-5-7-9-11-13-15-17-19-21-22-23-25-27-30-34-38-42-46-52(57)51(50-56)55-53(58)47-43-39-35-31-29-33-37-41-45-49-60-54(59)48-44-40-36-32-28-26-24-20-18-16-14-12-10-8-6-4-2/h20,24,31,35,42,46,51-52,56-57H,3-19,21-23,25-30,32-34,36-41,43-45,47-50H2,1-2H3,(H,55,58)/b24-20-,35-31-,46-42+. The van der Waals surface area contributed by atoms with Gasteiger partial charge in [-0.3, -0.25) is 9.59 Å². The molecule has 0 aliphatic heterocycles. The van der Waals surface area contributed by atoms with E-state index in [9.17, 15) is 19.8 Å².